The van der Waals surface area contributed by atoms with Gasteiger partial charge in [-0.15, -0.1) is 0 Å². The van der Waals surface area contributed by atoms with Gasteiger partial charge in [-0.25, -0.2) is 9.78 Å². The number of para-hydroxylation sites is 2. The van der Waals surface area contributed by atoms with Gasteiger partial charge in [0.05, 0.1) is 28.5 Å². The van der Waals surface area contributed by atoms with Gasteiger partial charge >= 0.3 is 5.97 Å². The highest BCUT2D eigenvalue weighted by molar-refractivity contribution is 6.30. The van der Waals surface area contributed by atoms with E-state index in [9.17, 15) is 4.79 Å². The van der Waals surface area contributed by atoms with E-state index in [4.69, 9.17) is 16.3 Å². The number of nitrogens with zero attached hydrogens (tertiary/aromatic N) is 2. The van der Waals surface area contributed by atoms with Gasteiger partial charge in [0.2, 0.25) is 0 Å². The molecule has 26 heavy (non-hydrogen) atoms. The highest BCUT2D eigenvalue weighted by Gasteiger charge is 2.09. The molecule has 0 aliphatic rings. The number of ether oxygens (including phenoxy) is 1. The molecule has 0 atom stereocenters. The number of halogens is 1. The van der Waals surface area contributed by atoms with Gasteiger partial charge in [0.1, 0.15) is 5.75 Å². The molecular weight excluding hydrogens is 348 g/mol. The topological polar surface area (TPSA) is 52.1 Å². The Hall–Kier alpha value is -3.24. The third-order valence-corrected chi connectivity index (χ3v) is 4.14. The van der Waals surface area contributed by atoms with Gasteiger partial charge in [-0.05, 0) is 60.7 Å². The van der Waals surface area contributed by atoms with Gasteiger partial charge in [-0.1, -0.05) is 23.7 Å². The molecule has 1 heterocycles. The van der Waals surface area contributed by atoms with E-state index in [-0.39, 0.29) is 0 Å². The lowest BCUT2D eigenvalue weighted by Gasteiger charge is -2.06. The van der Waals surface area contributed by atoms with Crippen LogP contribution in [0.1, 0.15) is 10.4 Å². The van der Waals surface area contributed by atoms with Crippen molar-refractivity contribution in [3.8, 4) is 17.0 Å². The predicted octanol–water partition coefficient (Wildman–Crippen LogP) is 5.17. The number of carbonyl (C=O) groups is 1. The van der Waals surface area contributed by atoms with Crippen molar-refractivity contribution in [3.05, 3.63) is 89.6 Å². The Morgan fingerprint density at radius 3 is 2.27 bits per heavy atom. The lowest BCUT2D eigenvalue weighted by Crippen LogP contribution is -2.08. The van der Waals surface area contributed by atoms with Crippen molar-refractivity contribution < 1.29 is 9.53 Å². The first-order chi connectivity index (χ1) is 12.7. The van der Waals surface area contributed by atoms with Gasteiger partial charge in [-0.3, -0.25) is 4.98 Å². The molecule has 126 valence electrons. The molecule has 4 rings (SSSR count). The molecule has 0 N–H and O–H groups in total. The Morgan fingerprint density at radius 1 is 0.846 bits per heavy atom. The van der Waals surface area contributed by atoms with Crippen LogP contribution in [0.2, 0.25) is 5.02 Å². The van der Waals surface area contributed by atoms with Gasteiger partial charge in [0, 0.05) is 10.6 Å². The molecule has 0 amide bonds. The summed E-state index contributed by atoms with van der Waals surface area (Å²) in [5.74, 6) is 0.0300. The molecule has 4 nitrogen and oxygen atoms in total. The first-order valence-corrected chi connectivity index (χ1v) is 8.37. The smallest absolute Gasteiger partial charge is 0.343 e. The molecule has 0 fully saturated rings. The summed E-state index contributed by atoms with van der Waals surface area (Å²) in [5.41, 5.74) is 3.79. The molecule has 4 aromatic rings. The minimum Gasteiger partial charge on any atom is -0.423 e. The zero-order valence-electron chi connectivity index (χ0n) is 13.6. The average Bonchev–Trinajstić information content (AvgIpc) is 2.68. The fourth-order valence-corrected chi connectivity index (χ4v) is 2.67. The minimum atomic E-state index is -0.431. The predicted molar refractivity (Wildman–Crippen MR) is 101 cm³/mol. The maximum absolute atomic E-state index is 12.1. The van der Waals surface area contributed by atoms with Crippen molar-refractivity contribution in [1.29, 1.82) is 0 Å². The lowest BCUT2D eigenvalue weighted by atomic mass is 10.1. The van der Waals surface area contributed by atoms with Crippen LogP contribution in [0.5, 0.6) is 5.75 Å². The van der Waals surface area contributed by atoms with Crippen LogP contribution in [0, 0.1) is 0 Å². The van der Waals surface area contributed by atoms with E-state index in [1.54, 1.807) is 42.6 Å². The fraction of sp³-hybridized carbons (Fsp3) is 0. The Morgan fingerprint density at radius 2 is 1.54 bits per heavy atom. The summed E-state index contributed by atoms with van der Waals surface area (Å²) in [4.78, 5) is 21.2. The highest BCUT2D eigenvalue weighted by Crippen LogP contribution is 2.23. The summed E-state index contributed by atoms with van der Waals surface area (Å²) in [7, 11) is 0. The SMILES string of the molecule is O=C(Oc1ccc(-c2cnc3ccccc3n2)cc1)c1ccc(Cl)cc1. The molecule has 5 heteroatoms. The summed E-state index contributed by atoms with van der Waals surface area (Å²) in [5, 5.41) is 0.572. The van der Waals surface area contributed by atoms with Crippen LogP contribution in [0.25, 0.3) is 22.3 Å². The van der Waals surface area contributed by atoms with Crippen LogP contribution in [0.3, 0.4) is 0 Å². The van der Waals surface area contributed by atoms with E-state index in [1.165, 1.54) is 0 Å². The van der Waals surface area contributed by atoms with Crippen LogP contribution in [0.15, 0.2) is 79.0 Å². The van der Waals surface area contributed by atoms with Crippen molar-refractivity contribution in [1.82, 2.24) is 9.97 Å². The number of hydrogen-bond acceptors (Lipinski definition) is 4. The second-order valence-corrected chi connectivity index (χ2v) is 6.10. The Balaban J connectivity index is 1.54. The van der Waals surface area contributed by atoms with E-state index < -0.39 is 5.97 Å². The van der Waals surface area contributed by atoms with E-state index >= 15 is 0 Å². The van der Waals surface area contributed by atoms with Crippen molar-refractivity contribution in [3.63, 3.8) is 0 Å². The van der Waals surface area contributed by atoms with Crippen molar-refractivity contribution >= 4 is 28.6 Å². The van der Waals surface area contributed by atoms with Gasteiger partial charge in [0.25, 0.3) is 0 Å². The van der Waals surface area contributed by atoms with Crippen LogP contribution in [-0.4, -0.2) is 15.9 Å². The van der Waals surface area contributed by atoms with Crippen molar-refractivity contribution in [2.75, 3.05) is 0 Å². The Kier molecular flexibility index (Phi) is 4.33. The first-order valence-electron chi connectivity index (χ1n) is 7.99. The zero-order chi connectivity index (χ0) is 17.9. The summed E-state index contributed by atoms with van der Waals surface area (Å²) in [6, 6.07) is 21.4. The maximum Gasteiger partial charge on any atom is 0.343 e. The number of esters is 1. The molecule has 0 aliphatic carbocycles. The fourth-order valence-electron chi connectivity index (χ4n) is 2.54. The van der Waals surface area contributed by atoms with E-state index in [0.29, 0.717) is 16.3 Å². The molecule has 0 aliphatic heterocycles. The Labute approximate surface area is 155 Å². The molecule has 0 saturated carbocycles. The quantitative estimate of drug-likeness (QED) is 0.373. The molecular formula is C21H13ClN2O2. The van der Waals surface area contributed by atoms with Crippen LogP contribution in [-0.2, 0) is 0 Å². The average molecular weight is 361 g/mol. The Bertz CT molecular complexity index is 1080. The normalized spacial score (nSPS) is 10.7. The monoisotopic (exact) mass is 360 g/mol. The van der Waals surface area contributed by atoms with Crippen LogP contribution in [0.4, 0.5) is 0 Å². The standard InChI is InChI=1S/C21H13ClN2O2/c22-16-9-5-15(6-10-16)21(25)26-17-11-7-14(8-12-17)20-13-23-18-3-1-2-4-19(18)24-20/h1-13H. The van der Waals surface area contributed by atoms with Gasteiger partial charge in [-0.2, -0.15) is 0 Å². The molecule has 3 aromatic carbocycles. The molecule has 1 aromatic heterocycles. The number of carbonyl (C=O) groups excluding carboxylic acids is 1. The summed E-state index contributed by atoms with van der Waals surface area (Å²) < 4.78 is 5.38. The van der Waals surface area contributed by atoms with E-state index in [0.717, 1.165) is 22.3 Å². The number of rotatable bonds is 3. The third-order valence-electron chi connectivity index (χ3n) is 3.89. The minimum absolute atomic E-state index is 0.431. The summed E-state index contributed by atoms with van der Waals surface area (Å²) in [6.07, 6.45) is 1.73. The summed E-state index contributed by atoms with van der Waals surface area (Å²) >= 11 is 5.83. The van der Waals surface area contributed by atoms with Crippen molar-refractivity contribution in [2.45, 2.75) is 0 Å². The lowest BCUT2D eigenvalue weighted by molar-refractivity contribution is 0.0735. The number of hydrogen-bond donors (Lipinski definition) is 0. The van der Waals surface area contributed by atoms with E-state index in [2.05, 4.69) is 9.97 Å². The maximum atomic E-state index is 12.1. The van der Waals surface area contributed by atoms with E-state index in [1.807, 2.05) is 36.4 Å². The zero-order valence-corrected chi connectivity index (χ0v) is 14.4. The van der Waals surface area contributed by atoms with Gasteiger partial charge < -0.3 is 4.74 Å². The number of fused-ring (bicyclic) bond motifs is 1. The van der Waals surface area contributed by atoms with Crippen LogP contribution >= 0.6 is 11.6 Å². The largest absolute Gasteiger partial charge is 0.423 e. The summed E-state index contributed by atoms with van der Waals surface area (Å²) in [6.45, 7) is 0. The molecule has 0 spiro atoms. The van der Waals surface area contributed by atoms with Gasteiger partial charge in [0.15, 0.2) is 0 Å². The molecule has 0 saturated heterocycles. The first kappa shape index (κ1) is 16.2. The highest BCUT2D eigenvalue weighted by atomic mass is 35.5. The molecule has 0 radical (unpaired) electrons. The molecule has 0 unspecified atom stereocenters. The van der Waals surface area contributed by atoms with Crippen LogP contribution < -0.4 is 4.74 Å². The third kappa shape index (κ3) is 3.41. The number of aromatic nitrogens is 2. The second kappa shape index (κ2) is 6.94. The van der Waals surface area contributed by atoms with Crippen molar-refractivity contribution in [2.24, 2.45) is 0 Å². The molecule has 0 bridgehead atoms. The second-order valence-electron chi connectivity index (χ2n) is 5.66. The number of benzene rings is 3.